The largest absolute Gasteiger partial charge is 0.338 e. The minimum atomic E-state index is 0.0107. The second-order valence-corrected chi connectivity index (χ2v) is 7.27. The second-order valence-electron chi connectivity index (χ2n) is 7.27. The number of hydrogen-bond acceptors (Lipinski definition) is 2. The number of hydrogen-bond donors (Lipinski definition) is 1. The topological polar surface area (TPSA) is 52.7 Å². The van der Waals surface area contributed by atoms with Crippen LogP contribution < -0.4 is 5.32 Å². The van der Waals surface area contributed by atoms with E-state index in [1.807, 2.05) is 15.9 Å². The molecular weight excluding hydrogens is 314 g/mol. The van der Waals surface area contributed by atoms with Gasteiger partial charge in [-0.1, -0.05) is 37.3 Å². The normalized spacial score (nSPS) is 22.1. The fourth-order valence-corrected chi connectivity index (χ4v) is 3.90. The Morgan fingerprint density at radius 2 is 2.04 bits per heavy atom. The number of carbonyl (C=O) groups is 2. The number of benzene rings is 1. The second kappa shape index (κ2) is 8.37. The fourth-order valence-electron chi connectivity index (χ4n) is 3.90. The maximum absolute atomic E-state index is 12.5. The van der Waals surface area contributed by atoms with Crippen LogP contribution in [0.1, 0.15) is 50.5 Å². The third-order valence-corrected chi connectivity index (χ3v) is 5.46. The summed E-state index contributed by atoms with van der Waals surface area (Å²) >= 11 is 0. The Morgan fingerprint density at radius 3 is 2.76 bits per heavy atom. The monoisotopic (exact) mass is 343 g/mol. The first-order valence-corrected chi connectivity index (χ1v) is 9.52. The van der Waals surface area contributed by atoms with E-state index in [-0.39, 0.29) is 18.0 Å². The summed E-state index contributed by atoms with van der Waals surface area (Å²) in [4.78, 5) is 28.3. The summed E-state index contributed by atoms with van der Waals surface area (Å²) < 4.78 is 0. The van der Waals surface area contributed by atoms with Crippen molar-refractivity contribution in [2.24, 2.45) is 0 Å². The van der Waals surface area contributed by atoms with E-state index < -0.39 is 0 Å². The molecule has 5 nitrogen and oxygen atoms in total. The molecule has 1 N–H and O–H groups in total. The molecule has 2 heterocycles. The third-order valence-electron chi connectivity index (χ3n) is 5.46. The number of rotatable bonds is 5. The van der Waals surface area contributed by atoms with Crippen molar-refractivity contribution in [2.75, 3.05) is 26.2 Å². The molecule has 0 radical (unpaired) electrons. The molecule has 0 bridgehead atoms. The zero-order valence-corrected chi connectivity index (χ0v) is 15.1. The van der Waals surface area contributed by atoms with E-state index >= 15 is 0 Å². The number of piperidine rings is 1. The van der Waals surface area contributed by atoms with Gasteiger partial charge in [-0.25, -0.2) is 4.79 Å². The quantitative estimate of drug-likeness (QED) is 0.893. The van der Waals surface area contributed by atoms with Gasteiger partial charge in [-0.15, -0.1) is 0 Å². The highest BCUT2D eigenvalue weighted by atomic mass is 16.2. The summed E-state index contributed by atoms with van der Waals surface area (Å²) in [6.07, 6.45) is 4.54. The van der Waals surface area contributed by atoms with Crippen LogP contribution in [-0.2, 0) is 4.79 Å². The average molecular weight is 343 g/mol. The van der Waals surface area contributed by atoms with Gasteiger partial charge in [-0.05, 0) is 37.2 Å². The Kier molecular flexibility index (Phi) is 5.95. The van der Waals surface area contributed by atoms with Gasteiger partial charge in [0.15, 0.2) is 0 Å². The number of amides is 3. The maximum atomic E-state index is 12.5. The van der Waals surface area contributed by atoms with E-state index in [1.165, 1.54) is 5.56 Å². The molecule has 3 rings (SSSR count). The van der Waals surface area contributed by atoms with Crippen LogP contribution >= 0.6 is 0 Å². The highest BCUT2D eigenvalue weighted by Gasteiger charge is 2.32. The molecule has 1 aromatic rings. The molecule has 25 heavy (non-hydrogen) atoms. The lowest BCUT2D eigenvalue weighted by Gasteiger charge is -2.37. The van der Waals surface area contributed by atoms with Gasteiger partial charge < -0.3 is 15.1 Å². The average Bonchev–Trinajstić information content (AvgIpc) is 3.08. The molecule has 136 valence electrons. The highest BCUT2D eigenvalue weighted by Crippen LogP contribution is 2.22. The lowest BCUT2D eigenvalue weighted by Crippen LogP contribution is -2.52. The van der Waals surface area contributed by atoms with Gasteiger partial charge in [0.1, 0.15) is 0 Å². The number of likely N-dealkylation sites (tertiary alicyclic amines) is 2. The highest BCUT2D eigenvalue weighted by molar-refractivity contribution is 5.79. The van der Waals surface area contributed by atoms with Crippen LogP contribution in [0.2, 0.25) is 0 Å². The van der Waals surface area contributed by atoms with E-state index in [1.54, 1.807) is 0 Å². The van der Waals surface area contributed by atoms with Crippen molar-refractivity contribution in [2.45, 2.75) is 51.0 Å². The summed E-state index contributed by atoms with van der Waals surface area (Å²) in [5.74, 6) is 0.682. The Balaban J connectivity index is 1.44. The van der Waals surface area contributed by atoms with Crippen molar-refractivity contribution in [3.05, 3.63) is 35.9 Å². The predicted molar refractivity (Wildman–Crippen MR) is 98.4 cm³/mol. The lowest BCUT2D eigenvalue weighted by atomic mass is 9.98. The molecule has 2 aliphatic heterocycles. The molecule has 3 amide bonds. The SMILES string of the molecule is C[C@H](CCNC(=O)N1CCC[C@@H](N2CCCC2=O)C1)c1ccccc1. The number of nitrogens with zero attached hydrogens (tertiary/aromatic N) is 2. The van der Waals surface area contributed by atoms with E-state index in [0.717, 1.165) is 38.8 Å². The molecule has 5 heteroatoms. The molecule has 2 atom stereocenters. The van der Waals surface area contributed by atoms with Crippen molar-refractivity contribution in [3.8, 4) is 0 Å². The molecular formula is C20H29N3O2. The van der Waals surface area contributed by atoms with Crippen molar-refractivity contribution in [3.63, 3.8) is 0 Å². The molecule has 2 saturated heterocycles. The lowest BCUT2D eigenvalue weighted by molar-refractivity contribution is -0.130. The zero-order chi connectivity index (χ0) is 17.6. The van der Waals surface area contributed by atoms with Gasteiger partial charge in [0.05, 0.1) is 0 Å². The fraction of sp³-hybridized carbons (Fsp3) is 0.600. The molecule has 0 aliphatic carbocycles. The Morgan fingerprint density at radius 1 is 1.24 bits per heavy atom. The van der Waals surface area contributed by atoms with Gasteiger partial charge in [0.2, 0.25) is 5.91 Å². The Bertz CT molecular complexity index is 590. The number of nitrogens with one attached hydrogen (secondary N) is 1. The summed E-state index contributed by atoms with van der Waals surface area (Å²) in [6, 6.07) is 10.6. The molecule has 0 spiro atoms. The molecule has 1 aromatic carbocycles. The first-order chi connectivity index (χ1) is 12.1. The molecule has 0 aromatic heterocycles. The Hall–Kier alpha value is -2.04. The smallest absolute Gasteiger partial charge is 0.317 e. The molecule has 0 saturated carbocycles. The minimum Gasteiger partial charge on any atom is -0.338 e. The first kappa shape index (κ1) is 17.8. The maximum Gasteiger partial charge on any atom is 0.317 e. The van der Waals surface area contributed by atoms with Crippen LogP contribution in [0.5, 0.6) is 0 Å². The summed E-state index contributed by atoms with van der Waals surface area (Å²) in [7, 11) is 0. The molecule has 2 fully saturated rings. The summed E-state index contributed by atoms with van der Waals surface area (Å²) in [5, 5.41) is 3.06. The van der Waals surface area contributed by atoms with Gasteiger partial charge in [0.25, 0.3) is 0 Å². The predicted octanol–water partition coefficient (Wildman–Crippen LogP) is 2.98. The summed E-state index contributed by atoms with van der Waals surface area (Å²) in [5.41, 5.74) is 1.31. The number of urea groups is 1. The van der Waals surface area contributed by atoms with Gasteiger partial charge in [0, 0.05) is 38.6 Å². The van der Waals surface area contributed by atoms with Crippen LogP contribution in [0.15, 0.2) is 30.3 Å². The van der Waals surface area contributed by atoms with Crippen molar-refractivity contribution in [1.82, 2.24) is 15.1 Å². The van der Waals surface area contributed by atoms with Gasteiger partial charge >= 0.3 is 6.03 Å². The first-order valence-electron chi connectivity index (χ1n) is 9.52. The van der Waals surface area contributed by atoms with Crippen LogP contribution in [0.3, 0.4) is 0 Å². The van der Waals surface area contributed by atoms with E-state index in [2.05, 4.69) is 36.5 Å². The van der Waals surface area contributed by atoms with Crippen molar-refractivity contribution < 1.29 is 9.59 Å². The third kappa shape index (κ3) is 4.53. The van der Waals surface area contributed by atoms with E-state index in [0.29, 0.717) is 25.4 Å². The van der Waals surface area contributed by atoms with Crippen LogP contribution in [0.25, 0.3) is 0 Å². The Labute approximate surface area is 150 Å². The van der Waals surface area contributed by atoms with Crippen molar-refractivity contribution >= 4 is 11.9 Å². The minimum absolute atomic E-state index is 0.0107. The zero-order valence-electron chi connectivity index (χ0n) is 15.1. The van der Waals surface area contributed by atoms with Gasteiger partial charge in [-0.2, -0.15) is 0 Å². The van der Waals surface area contributed by atoms with Crippen LogP contribution in [-0.4, -0.2) is 54.0 Å². The van der Waals surface area contributed by atoms with Crippen LogP contribution in [0, 0.1) is 0 Å². The molecule has 0 unspecified atom stereocenters. The van der Waals surface area contributed by atoms with Gasteiger partial charge in [-0.3, -0.25) is 4.79 Å². The van der Waals surface area contributed by atoms with E-state index in [9.17, 15) is 9.59 Å². The molecule has 2 aliphatic rings. The summed E-state index contributed by atoms with van der Waals surface area (Å²) in [6.45, 7) is 5.19. The van der Waals surface area contributed by atoms with E-state index in [4.69, 9.17) is 0 Å². The van der Waals surface area contributed by atoms with Crippen LogP contribution in [0.4, 0.5) is 4.79 Å². The number of carbonyl (C=O) groups excluding carboxylic acids is 2. The standard InChI is InChI=1S/C20H29N3O2/c1-16(17-7-3-2-4-8-17)11-12-21-20(25)22-13-5-9-18(15-22)23-14-6-10-19(23)24/h2-4,7-8,16,18H,5-6,9-15H2,1H3,(H,21,25)/t16-,18-/m1/s1. The van der Waals surface area contributed by atoms with Crippen molar-refractivity contribution in [1.29, 1.82) is 0 Å².